The number of benzene rings is 3. The van der Waals surface area contributed by atoms with Gasteiger partial charge in [0, 0.05) is 55.5 Å². The normalized spacial score (nSPS) is 17.2. The fraction of sp³-hybridized carbons (Fsp3) is 0.321. The number of amides is 1. The predicted octanol–water partition coefficient (Wildman–Crippen LogP) is 5.16. The van der Waals surface area contributed by atoms with E-state index in [4.69, 9.17) is 32.7 Å². The van der Waals surface area contributed by atoms with Gasteiger partial charge in [-0.2, -0.15) is 0 Å². The first-order valence-electron chi connectivity index (χ1n) is 12.2. The Labute approximate surface area is 225 Å². The number of aromatic hydroxyl groups is 1. The van der Waals surface area contributed by atoms with Crippen molar-refractivity contribution in [3.63, 3.8) is 0 Å². The molecule has 3 N–H and O–H groups in total. The molecule has 1 fully saturated rings. The molecular formula is C28H28Cl2N2O5. The van der Waals surface area contributed by atoms with E-state index >= 15 is 0 Å². The topological polar surface area (TPSA) is 91.3 Å². The van der Waals surface area contributed by atoms with Crippen LogP contribution in [-0.2, 0) is 6.42 Å². The quantitative estimate of drug-likeness (QED) is 0.357. The smallest absolute Gasteiger partial charge is 0.255 e. The van der Waals surface area contributed by atoms with Crippen molar-refractivity contribution in [3.05, 3.63) is 81.8 Å². The third-order valence-electron chi connectivity index (χ3n) is 6.86. The number of hydrogen-bond acceptors (Lipinski definition) is 6. The van der Waals surface area contributed by atoms with Crippen molar-refractivity contribution in [2.75, 3.05) is 31.6 Å². The summed E-state index contributed by atoms with van der Waals surface area (Å²) >= 11 is 12.2. The number of halogens is 2. The molecule has 0 aromatic heterocycles. The number of likely N-dealkylation sites (tertiary alicyclic amines) is 1. The third-order valence-corrected chi connectivity index (χ3v) is 7.40. The van der Waals surface area contributed by atoms with E-state index < -0.39 is 6.10 Å². The first-order chi connectivity index (χ1) is 17.8. The molecule has 3 aromatic rings. The van der Waals surface area contributed by atoms with Gasteiger partial charge in [0.2, 0.25) is 0 Å². The SMILES string of the molecule is O=C(Nc1cc(Cl)c(O)cc1OC[C@@H](O)CN1CCC2(CC1)Cc1cc(Cl)ccc1O2)c1ccccc1. The zero-order valence-corrected chi connectivity index (χ0v) is 21.6. The van der Waals surface area contributed by atoms with Crippen LogP contribution in [0, 0.1) is 0 Å². The van der Waals surface area contributed by atoms with Crippen molar-refractivity contribution in [1.29, 1.82) is 0 Å². The Morgan fingerprint density at radius 2 is 1.86 bits per heavy atom. The molecule has 1 atom stereocenters. The first kappa shape index (κ1) is 25.7. The van der Waals surface area contributed by atoms with E-state index in [0.717, 1.165) is 48.7 Å². The van der Waals surface area contributed by atoms with Gasteiger partial charge >= 0.3 is 0 Å². The van der Waals surface area contributed by atoms with E-state index in [1.165, 1.54) is 12.1 Å². The Morgan fingerprint density at radius 3 is 2.62 bits per heavy atom. The van der Waals surface area contributed by atoms with Crippen molar-refractivity contribution in [2.45, 2.75) is 31.0 Å². The Hall–Kier alpha value is -2.97. The summed E-state index contributed by atoms with van der Waals surface area (Å²) in [5, 5.41) is 24.3. The molecule has 0 saturated carbocycles. The average Bonchev–Trinajstić information content (AvgIpc) is 3.24. The van der Waals surface area contributed by atoms with Gasteiger partial charge in [0.15, 0.2) is 0 Å². The molecule has 37 heavy (non-hydrogen) atoms. The number of nitrogens with zero attached hydrogens (tertiary/aromatic N) is 1. The van der Waals surface area contributed by atoms with Crippen molar-refractivity contribution in [1.82, 2.24) is 4.90 Å². The molecule has 0 bridgehead atoms. The van der Waals surface area contributed by atoms with Gasteiger partial charge in [-0.05, 0) is 42.0 Å². The van der Waals surface area contributed by atoms with E-state index in [0.29, 0.717) is 17.8 Å². The van der Waals surface area contributed by atoms with Crippen molar-refractivity contribution in [2.24, 2.45) is 0 Å². The molecule has 0 radical (unpaired) electrons. The van der Waals surface area contributed by atoms with Crippen LogP contribution < -0.4 is 14.8 Å². The highest BCUT2D eigenvalue weighted by Crippen LogP contribution is 2.42. The number of carbonyl (C=O) groups is 1. The molecule has 0 aliphatic carbocycles. The van der Waals surface area contributed by atoms with Gasteiger partial charge in [0.05, 0.1) is 10.7 Å². The molecule has 3 aromatic carbocycles. The van der Waals surface area contributed by atoms with Crippen LogP contribution in [0.2, 0.25) is 10.0 Å². The standard InChI is InChI=1S/C28H28Cl2N2O5/c29-20-6-7-25-19(12-20)15-28(37-25)8-10-32(11-9-28)16-21(33)17-36-26-14-24(34)22(30)13-23(26)31-27(35)18-4-2-1-3-5-18/h1-7,12-14,21,33-34H,8-11,15-17H2,(H,31,35)/t21-/m0/s1. The Kier molecular flexibility index (Phi) is 7.49. The van der Waals surface area contributed by atoms with Crippen LogP contribution in [0.3, 0.4) is 0 Å². The van der Waals surface area contributed by atoms with Gasteiger partial charge in [-0.3, -0.25) is 4.79 Å². The zero-order chi connectivity index (χ0) is 26.0. The van der Waals surface area contributed by atoms with Gasteiger partial charge in [0.25, 0.3) is 5.91 Å². The summed E-state index contributed by atoms with van der Waals surface area (Å²) in [6.07, 6.45) is 1.78. The molecule has 2 aliphatic rings. The lowest BCUT2D eigenvalue weighted by atomic mass is 9.87. The summed E-state index contributed by atoms with van der Waals surface area (Å²) in [7, 11) is 0. The van der Waals surface area contributed by atoms with Crippen molar-refractivity contribution < 1.29 is 24.5 Å². The maximum absolute atomic E-state index is 12.6. The van der Waals surface area contributed by atoms with Crippen LogP contribution in [0.5, 0.6) is 17.2 Å². The van der Waals surface area contributed by atoms with Crippen LogP contribution in [0.1, 0.15) is 28.8 Å². The second-order valence-electron chi connectivity index (χ2n) is 9.60. The number of piperidine rings is 1. The van der Waals surface area contributed by atoms with Crippen LogP contribution >= 0.6 is 23.2 Å². The van der Waals surface area contributed by atoms with Gasteiger partial charge in [-0.15, -0.1) is 0 Å². The highest BCUT2D eigenvalue weighted by Gasteiger charge is 2.42. The largest absolute Gasteiger partial charge is 0.506 e. The van der Waals surface area contributed by atoms with E-state index in [-0.39, 0.29) is 34.6 Å². The van der Waals surface area contributed by atoms with E-state index in [2.05, 4.69) is 10.2 Å². The number of β-amino-alcohol motifs (C(OH)–C–C–N with tert-alkyl or cyclic N) is 1. The Bertz CT molecular complexity index is 1280. The number of anilines is 1. The van der Waals surface area contributed by atoms with Crippen LogP contribution in [0.4, 0.5) is 5.69 Å². The van der Waals surface area contributed by atoms with Gasteiger partial charge < -0.3 is 29.9 Å². The number of phenols is 1. The van der Waals surface area contributed by atoms with E-state index in [9.17, 15) is 15.0 Å². The molecule has 9 heteroatoms. The van der Waals surface area contributed by atoms with Gasteiger partial charge in [-0.1, -0.05) is 41.4 Å². The van der Waals surface area contributed by atoms with Gasteiger partial charge in [-0.25, -0.2) is 0 Å². The lowest BCUT2D eigenvalue weighted by molar-refractivity contribution is -0.00192. The van der Waals surface area contributed by atoms with Crippen LogP contribution in [0.25, 0.3) is 0 Å². The molecular weight excluding hydrogens is 515 g/mol. The number of fused-ring (bicyclic) bond motifs is 1. The highest BCUT2D eigenvalue weighted by atomic mass is 35.5. The third kappa shape index (κ3) is 5.96. The summed E-state index contributed by atoms with van der Waals surface area (Å²) < 4.78 is 12.1. The number of carbonyl (C=O) groups excluding carboxylic acids is 1. The minimum Gasteiger partial charge on any atom is -0.506 e. The number of aliphatic hydroxyl groups excluding tert-OH is 1. The summed E-state index contributed by atoms with van der Waals surface area (Å²) in [5.41, 5.74) is 1.72. The number of phenolic OH excluding ortho intramolecular Hbond substituents is 1. The average molecular weight is 543 g/mol. The lowest BCUT2D eigenvalue weighted by Gasteiger charge is -2.39. The maximum Gasteiger partial charge on any atom is 0.255 e. The second kappa shape index (κ2) is 10.8. The highest BCUT2D eigenvalue weighted by molar-refractivity contribution is 6.32. The zero-order valence-electron chi connectivity index (χ0n) is 20.1. The molecule has 1 saturated heterocycles. The molecule has 0 unspecified atom stereocenters. The van der Waals surface area contributed by atoms with Crippen LogP contribution in [0.15, 0.2) is 60.7 Å². The van der Waals surface area contributed by atoms with E-state index in [1.807, 2.05) is 24.3 Å². The first-order valence-corrected chi connectivity index (χ1v) is 13.0. The fourth-order valence-electron chi connectivity index (χ4n) is 4.90. The minimum absolute atomic E-state index is 0.0165. The monoisotopic (exact) mass is 542 g/mol. The number of ether oxygens (including phenoxy) is 2. The number of nitrogens with one attached hydrogen (secondary N) is 1. The number of aliphatic hydroxyl groups is 1. The van der Waals surface area contributed by atoms with Crippen molar-refractivity contribution in [3.8, 4) is 17.2 Å². The maximum atomic E-state index is 12.6. The van der Waals surface area contributed by atoms with Crippen LogP contribution in [-0.4, -0.2) is 59.0 Å². The van der Waals surface area contributed by atoms with Gasteiger partial charge in [0.1, 0.15) is 35.6 Å². The van der Waals surface area contributed by atoms with E-state index in [1.54, 1.807) is 24.3 Å². The minimum atomic E-state index is -0.773. The predicted molar refractivity (Wildman–Crippen MR) is 143 cm³/mol. The molecule has 7 nitrogen and oxygen atoms in total. The number of hydrogen-bond donors (Lipinski definition) is 3. The lowest BCUT2D eigenvalue weighted by Crippen LogP contribution is -2.49. The number of rotatable bonds is 7. The molecule has 2 heterocycles. The molecule has 5 rings (SSSR count). The fourth-order valence-corrected chi connectivity index (χ4v) is 5.26. The summed E-state index contributed by atoms with van der Waals surface area (Å²) in [5.74, 6) is 0.615. The Morgan fingerprint density at radius 1 is 1.11 bits per heavy atom. The molecule has 1 spiro atoms. The molecule has 1 amide bonds. The Balaban J connectivity index is 1.15. The summed E-state index contributed by atoms with van der Waals surface area (Å²) in [4.78, 5) is 14.8. The summed E-state index contributed by atoms with van der Waals surface area (Å²) in [6, 6.07) is 17.3. The summed E-state index contributed by atoms with van der Waals surface area (Å²) in [6.45, 7) is 2.00. The second-order valence-corrected chi connectivity index (χ2v) is 10.4. The van der Waals surface area contributed by atoms with Crippen molar-refractivity contribution >= 4 is 34.8 Å². The molecule has 194 valence electrons. The molecule has 2 aliphatic heterocycles.